The summed E-state index contributed by atoms with van der Waals surface area (Å²) in [5, 5.41) is 7.57. The van der Waals surface area contributed by atoms with Crippen LogP contribution in [0.1, 0.15) is 19.4 Å². The summed E-state index contributed by atoms with van der Waals surface area (Å²) < 4.78 is 0. The molecule has 25 heavy (non-hydrogen) atoms. The Morgan fingerprint density at radius 3 is 2.60 bits per heavy atom. The van der Waals surface area contributed by atoms with Gasteiger partial charge in [0, 0.05) is 50.3 Å². The average Bonchev–Trinajstić information content (AvgIpc) is 2.61. The van der Waals surface area contributed by atoms with E-state index in [-0.39, 0.29) is 0 Å². The molecule has 0 aromatic heterocycles. The first-order valence-corrected chi connectivity index (χ1v) is 9.66. The van der Waals surface area contributed by atoms with E-state index < -0.39 is 0 Å². The Kier molecular flexibility index (Phi) is 8.52. The Balaban J connectivity index is 1.80. The second kappa shape index (κ2) is 10.6. The van der Waals surface area contributed by atoms with Crippen LogP contribution in [0.25, 0.3) is 0 Å². The van der Waals surface area contributed by atoms with Crippen molar-refractivity contribution in [1.82, 2.24) is 20.4 Å². The molecule has 0 aliphatic carbocycles. The minimum atomic E-state index is 0.465. The van der Waals surface area contributed by atoms with Gasteiger partial charge < -0.3 is 15.5 Å². The van der Waals surface area contributed by atoms with Crippen molar-refractivity contribution in [3.8, 4) is 0 Å². The molecule has 1 atom stereocenters. The molecule has 2 N–H and O–H groups in total. The number of likely N-dealkylation sites (N-methyl/N-ethyl adjacent to an activating group) is 1. The highest BCUT2D eigenvalue weighted by molar-refractivity contribution is 6.31. The third-order valence-electron chi connectivity index (χ3n) is 4.66. The number of hydrogen-bond donors (Lipinski definition) is 2. The minimum absolute atomic E-state index is 0.465. The standard InChI is InChI=1S/C19H32ClN5/c1-4-21-19(22-10-9-17-7-5-6-8-18(17)20)23-15-16(2)25-13-11-24(3)12-14-25/h5-8,16H,4,9-15H2,1-3H3,(H2,21,22,23). The van der Waals surface area contributed by atoms with Gasteiger partial charge in [-0.2, -0.15) is 0 Å². The van der Waals surface area contributed by atoms with E-state index in [1.54, 1.807) is 0 Å². The van der Waals surface area contributed by atoms with E-state index in [1.165, 1.54) is 5.56 Å². The number of nitrogens with one attached hydrogen (secondary N) is 2. The molecule has 2 rings (SSSR count). The lowest BCUT2D eigenvalue weighted by Gasteiger charge is -2.35. The van der Waals surface area contributed by atoms with Crippen LogP contribution >= 0.6 is 11.6 Å². The maximum absolute atomic E-state index is 6.22. The van der Waals surface area contributed by atoms with Gasteiger partial charge in [0.15, 0.2) is 5.96 Å². The van der Waals surface area contributed by atoms with E-state index in [0.29, 0.717) is 6.04 Å². The molecule has 1 aromatic carbocycles. The summed E-state index contributed by atoms with van der Waals surface area (Å²) in [6.07, 6.45) is 0.887. The van der Waals surface area contributed by atoms with Crippen LogP contribution in [0.2, 0.25) is 5.02 Å². The number of piperazine rings is 1. The summed E-state index contributed by atoms with van der Waals surface area (Å²) in [6.45, 7) is 11.4. The summed E-state index contributed by atoms with van der Waals surface area (Å²) in [5.74, 6) is 0.885. The lowest BCUT2D eigenvalue weighted by Crippen LogP contribution is -2.49. The highest BCUT2D eigenvalue weighted by Crippen LogP contribution is 2.14. The van der Waals surface area contributed by atoms with E-state index in [2.05, 4.69) is 47.4 Å². The minimum Gasteiger partial charge on any atom is -0.357 e. The number of aliphatic imine (C=N–C) groups is 1. The largest absolute Gasteiger partial charge is 0.357 e. The molecule has 1 saturated heterocycles. The number of halogens is 1. The van der Waals surface area contributed by atoms with Gasteiger partial charge in [-0.1, -0.05) is 29.8 Å². The van der Waals surface area contributed by atoms with Crippen molar-refractivity contribution in [2.45, 2.75) is 26.3 Å². The van der Waals surface area contributed by atoms with Crippen molar-refractivity contribution in [2.24, 2.45) is 4.99 Å². The van der Waals surface area contributed by atoms with Gasteiger partial charge in [0.25, 0.3) is 0 Å². The molecule has 0 spiro atoms. The smallest absolute Gasteiger partial charge is 0.191 e. The van der Waals surface area contributed by atoms with Crippen LogP contribution in [0.4, 0.5) is 0 Å². The molecule has 1 unspecified atom stereocenters. The SMILES string of the molecule is CCNC(=NCC(C)N1CCN(C)CC1)NCCc1ccccc1Cl. The van der Waals surface area contributed by atoms with Gasteiger partial charge >= 0.3 is 0 Å². The van der Waals surface area contributed by atoms with Gasteiger partial charge in [0.1, 0.15) is 0 Å². The highest BCUT2D eigenvalue weighted by atomic mass is 35.5. The average molecular weight is 366 g/mol. The molecule has 0 amide bonds. The molecule has 0 saturated carbocycles. The van der Waals surface area contributed by atoms with Crippen LogP contribution in [-0.2, 0) is 6.42 Å². The van der Waals surface area contributed by atoms with Crippen LogP contribution in [-0.4, -0.2) is 74.7 Å². The number of guanidine groups is 1. The van der Waals surface area contributed by atoms with Crippen molar-refractivity contribution < 1.29 is 0 Å². The third-order valence-corrected chi connectivity index (χ3v) is 5.03. The van der Waals surface area contributed by atoms with E-state index >= 15 is 0 Å². The lowest BCUT2D eigenvalue weighted by molar-refractivity contribution is 0.122. The Labute approximate surface area is 157 Å². The fourth-order valence-corrected chi connectivity index (χ4v) is 3.19. The number of rotatable bonds is 7. The topological polar surface area (TPSA) is 42.9 Å². The summed E-state index contributed by atoms with van der Waals surface area (Å²) >= 11 is 6.22. The zero-order valence-corrected chi connectivity index (χ0v) is 16.5. The molecule has 0 bridgehead atoms. The first-order valence-electron chi connectivity index (χ1n) is 9.28. The van der Waals surface area contributed by atoms with Crippen LogP contribution in [0.5, 0.6) is 0 Å². The van der Waals surface area contributed by atoms with Crippen LogP contribution in [0.15, 0.2) is 29.3 Å². The number of nitrogens with zero attached hydrogens (tertiary/aromatic N) is 3. The molecule has 6 heteroatoms. The maximum Gasteiger partial charge on any atom is 0.191 e. The molecule has 5 nitrogen and oxygen atoms in total. The second-order valence-electron chi connectivity index (χ2n) is 6.68. The molecule has 1 aliphatic rings. The zero-order valence-electron chi connectivity index (χ0n) is 15.8. The third kappa shape index (κ3) is 6.84. The summed E-state index contributed by atoms with van der Waals surface area (Å²) in [6, 6.07) is 8.47. The zero-order chi connectivity index (χ0) is 18.1. The fourth-order valence-electron chi connectivity index (χ4n) is 2.96. The van der Waals surface area contributed by atoms with Gasteiger partial charge in [-0.05, 0) is 38.9 Å². The number of benzene rings is 1. The molecule has 140 valence electrons. The van der Waals surface area contributed by atoms with Gasteiger partial charge in [-0.25, -0.2) is 0 Å². The molecule has 1 aromatic rings. The van der Waals surface area contributed by atoms with Crippen molar-refractivity contribution >= 4 is 17.6 Å². The van der Waals surface area contributed by atoms with Crippen molar-refractivity contribution in [1.29, 1.82) is 0 Å². The lowest BCUT2D eigenvalue weighted by atomic mass is 10.1. The molecule has 1 aliphatic heterocycles. The predicted octanol–water partition coefficient (Wildman–Crippen LogP) is 2.07. The first-order chi connectivity index (χ1) is 12.1. The van der Waals surface area contributed by atoms with Crippen molar-refractivity contribution in [3.05, 3.63) is 34.9 Å². The van der Waals surface area contributed by atoms with Gasteiger partial charge in [-0.3, -0.25) is 9.89 Å². The van der Waals surface area contributed by atoms with Gasteiger partial charge in [0.05, 0.1) is 6.54 Å². The Hall–Kier alpha value is -1.30. The molecule has 1 fully saturated rings. The van der Waals surface area contributed by atoms with Crippen LogP contribution < -0.4 is 10.6 Å². The van der Waals surface area contributed by atoms with Gasteiger partial charge in [-0.15, -0.1) is 0 Å². The van der Waals surface area contributed by atoms with Gasteiger partial charge in [0.2, 0.25) is 0 Å². The monoisotopic (exact) mass is 365 g/mol. The Morgan fingerprint density at radius 1 is 1.20 bits per heavy atom. The molecular formula is C19H32ClN5. The maximum atomic E-state index is 6.22. The quantitative estimate of drug-likeness (QED) is 0.573. The normalized spacial score (nSPS) is 18.2. The van der Waals surface area contributed by atoms with E-state index in [4.69, 9.17) is 16.6 Å². The summed E-state index contributed by atoms with van der Waals surface area (Å²) in [4.78, 5) is 9.67. The Morgan fingerprint density at radius 2 is 1.92 bits per heavy atom. The number of hydrogen-bond acceptors (Lipinski definition) is 3. The highest BCUT2D eigenvalue weighted by Gasteiger charge is 2.18. The van der Waals surface area contributed by atoms with Crippen molar-refractivity contribution in [2.75, 3.05) is 52.9 Å². The fraction of sp³-hybridized carbons (Fsp3) is 0.632. The molecule has 0 radical (unpaired) electrons. The second-order valence-corrected chi connectivity index (χ2v) is 7.08. The summed E-state index contributed by atoms with van der Waals surface area (Å²) in [7, 11) is 2.19. The van der Waals surface area contributed by atoms with Crippen molar-refractivity contribution in [3.63, 3.8) is 0 Å². The van der Waals surface area contributed by atoms with E-state index in [0.717, 1.165) is 63.2 Å². The van der Waals surface area contributed by atoms with Crippen LogP contribution in [0.3, 0.4) is 0 Å². The Bertz CT molecular complexity index is 540. The predicted molar refractivity (Wildman–Crippen MR) is 108 cm³/mol. The van der Waals surface area contributed by atoms with Crippen LogP contribution in [0, 0.1) is 0 Å². The first kappa shape index (κ1) is 20.0. The molecule has 1 heterocycles. The molecular weight excluding hydrogens is 334 g/mol. The summed E-state index contributed by atoms with van der Waals surface area (Å²) in [5.41, 5.74) is 1.17. The van der Waals surface area contributed by atoms with E-state index in [1.807, 2.05) is 18.2 Å². The van der Waals surface area contributed by atoms with E-state index in [9.17, 15) is 0 Å².